The number of rotatable bonds is 3. The molecule has 0 radical (unpaired) electrons. The van der Waals surface area contributed by atoms with Gasteiger partial charge in [-0.15, -0.1) is 0 Å². The largest absolute Gasteiger partial charge is 0.394 e. The predicted octanol–water partition coefficient (Wildman–Crippen LogP) is 1.00. The predicted molar refractivity (Wildman–Crippen MR) is 46.4 cm³/mol. The summed E-state index contributed by atoms with van der Waals surface area (Å²) in [6.45, 7) is 4.79. The van der Waals surface area contributed by atoms with Crippen LogP contribution in [-0.2, 0) is 0 Å². The van der Waals surface area contributed by atoms with Crippen LogP contribution in [0.4, 0.5) is 0 Å². The molecule has 2 heteroatoms. The average molecular weight is 157 g/mol. The first-order valence-electron chi connectivity index (χ1n) is 4.43. The van der Waals surface area contributed by atoms with E-state index in [1.165, 1.54) is 0 Å². The lowest BCUT2D eigenvalue weighted by Gasteiger charge is -2.48. The quantitative estimate of drug-likeness (QED) is 0.640. The lowest BCUT2D eigenvalue weighted by Crippen LogP contribution is -2.57. The highest BCUT2D eigenvalue weighted by molar-refractivity contribution is 5.00. The van der Waals surface area contributed by atoms with Gasteiger partial charge >= 0.3 is 0 Å². The molecule has 0 heterocycles. The van der Waals surface area contributed by atoms with E-state index in [1.54, 1.807) is 0 Å². The molecule has 0 amide bonds. The van der Waals surface area contributed by atoms with Crippen LogP contribution in [-0.4, -0.2) is 24.3 Å². The van der Waals surface area contributed by atoms with Gasteiger partial charge in [0, 0.05) is 5.54 Å². The second kappa shape index (κ2) is 3.11. The van der Waals surface area contributed by atoms with E-state index in [4.69, 9.17) is 5.11 Å². The molecule has 11 heavy (non-hydrogen) atoms. The van der Waals surface area contributed by atoms with Crippen molar-refractivity contribution in [2.45, 2.75) is 32.2 Å². The molecule has 0 unspecified atom stereocenters. The van der Waals surface area contributed by atoms with Crippen molar-refractivity contribution in [2.24, 2.45) is 11.8 Å². The Kier molecular flexibility index (Phi) is 2.55. The number of hydrogen-bond acceptors (Lipinski definition) is 2. The summed E-state index contributed by atoms with van der Waals surface area (Å²) in [4.78, 5) is 0. The van der Waals surface area contributed by atoms with Crippen molar-refractivity contribution in [2.75, 3.05) is 13.7 Å². The van der Waals surface area contributed by atoms with Crippen LogP contribution in [0.5, 0.6) is 0 Å². The van der Waals surface area contributed by atoms with Crippen LogP contribution >= 0.6 is 0 Å². The van der Waals surface area contributed by atoms with Crippen LogP contribution in [0.25, 0.3) is 0 Å². The second-order valence-electron chi connectivity index (χ2n) is 4.10. The standard InChI is InChI=1S/C9H19NO/c1-7(2)8-4-9(5-8,6-11)10-3/h7-8,10-11H,4-6H2,1-3H3. The molecule has 2 N–H and O–H groups in total. The molecule has 0 aliphatic heterocycles. The summed E-state index contributed by atoms with van der Waals surface area (Å²) in [5, 5.41) is 12.3. The molecule has 0 aromatic heterocycles. The van der Waals surface area contributed by atoms with Crippen molar-refractivity contribution in [1.82, 2.24) is 5.32 Å². The summed E-state index contributed by atoms with van der Waals surface area (Å²) >= 11 is 0. The van der Waals surface area contributed by atoms with Crippen molar-refractivity contribution >= 4 is 0 Å². The van der Waals surface area contributed by atoms with Crippen molar-refractivity contribution < 1.29 is 5.11 Å². The van der Waals surface area contributed by atoms with Gasteiger partial charge in [-0.2, -0.15) is 0 Å². The van der Waals surface area contributed by atoms with Crippen molar-refractivity contribution in [3.8, 4) is 0 Å². The Balaban J connectivity index is 2.35. The van der Waals surface area contributed by atoms with E-state index in [0.717, 1.165) is 24.7 Å². The molecular formula is C9H19NO. The van der Waals surface area contributed by atoms with E-state index in [1.807, 2.05) is 7.05 Å². The smallest absolute Gasteiger partial charge is 0.0613 e. The molecule has 0 aromatic carbocycles. The zero-order valence-electron chi connectivity index (χ0n) is 7.72. The molecule has 1 aliphatic rings. The van der Waals surface area contributed by atoms with Gasteiger partial charge in [-0.3, -0.25) is 0 Å². The maximum absolute atomic E-state index is 9.07. The third-order valence-corrected chi connectivity index (χ3v) is 3.08. The molecule has 1 fully saturated rings. The van der Waals surface area contributed by atoms with E-state index in [2.05, 4.69) is 19.2 Å². The Morgan fingerprint density at radius 3 is 2.36 bits per heavy atom. The summed E-state index contributed by atoms with van der Waals surface area (Å²) < 4.78 is 0. The highest BCUT2D eigenvalue weighted by Gasteiger charge is 2.43. The fourth-order valence-corrected chi connectivity index (χ4v) is 1.83. The van der Waals surface area contributed by atoms with E-state index >= 15 is 0 Å². The topological polar surface area (TPSA) is 32.3 Å². The summed E-state index contributed by atoms with van der Waals surface area (Å²) in [6.07, 6.45) is 2.27. The third-order valence-electron chi connectivity index (χ3n) is 3.08. The van der Waals surface area contributed by atoms with Gasteiger partial charge in [0.15, 0.2) is 0 Å². The number of aliphatic hydroxyl groups is 1. The van der Waals surface area contributed by atoms with Gasteiger partial charge < -0.3 is 10.4 Å². The lowest BCUT2D eigenvalue weighted by atomic mass is 9.64. The van der Waals surface area contributed by atoms with Crippen LogP contribution < -0.4 is 5.32 Å². The molecule has 0 aromatic rings. The molecule has 1 saturated carbocycles. The Bertz CT molecular complexity index is 122. The molecule has 0 bridgehead atoms. The Hall–Kier alpha value is -0.0800. The van der Waals surface area contributed by atoms with Gasteiger partial charge in [0.1, 0.15) is 0 Å². The van der Waals surface area contributed by atoms with Crippen LogP contribution in [0, 0.1) is 11.8 Å². The first kappa shape index (κ1) is 9.01. The molecule has 66 valence electrons. The highest BCUT2D eigenvalue weighted by atomic mass is 16.3. The SMILES string of the molecule is CNC1(CO)CC(C(C)C)C1. The molecule has 1 rings (SSSR count). The fraction of sp³-hybridized carbons (Fsp3) is 1.00. The van der Waals surface area contributed by atoms with E-state index < -0.39 is 0 Å². The van der Waals surface area contributed by atoms with Crippen LogP contribution in [0.15, 0.2) is 0 Å². The zero-order valence-corrected chi connectivity index (χ0v) is 7.72. The molecule has 1 aliphatic carbocycles. The molecule has 0 saturated heterocycles. The van der Waals surface area contributed by atoms with Gasteiger partial charge in [-0.05, 0) is 31.7 Å². The van der Waals surface area contributed by atoms with Crippen molar-refractivity contribution in [3.63, 3.8) is 0 Å². The van der Waals surface area contributed by atoms with E-state index in [9.17, 15) is 0 Å². The number of hydrogen-bond donors (Lipinski definition) is 2. The van der Waals surface area contributed by atoms with Gasteiger partial charge in [0.25, 0.3) is 0 Å². The molecular weight excluding hydrogens is 138 g/mol. The fourth-order valence-electron chi connectivity index (χ4n) is 1.83. The minimum absolute atomic E-state index is 0.0644. The van der Waals surface area contributed by atoms with Gasteiger partial charge in [-0.25, -0.2) is 0 Å². The maximum atomic E-state index is 9.07. The first-order chi connectivity index (χ1) is 5.13. The van der Waals surface area contributed by atoms with Crippen LogP contribution in [0.3, 0.4) is 0 Å². The van der Waals surface area contributed by atoms with E-state index in [-0.39, 0.29) is 12.1 Å². The zero-order chi connectivity index (χ0) is 8.48. The lowest BCUT2D eigenvalue weighted by molar-refractivity contribution is 0.0247. The van der Waals surface area contributed by atoms with Crippen molar-refractivity contribution in [1.29, 1.82) is 0 Å². The monoisotopic (exact) mass is 157 g/mol. The maximum Gasteiger partial charge on any atom is 0.0613 e. The van der Waals surface area contributed by atoms with Crippen LogP contribution in [0.1, 0.15) is 26.7 Å². The van der Waals surface area contributed by atoms with Gasteiger partial charge in [-0.1, -0.05) is 13.8 Å². The minimum Gasteiger partial charge on any atom is -0.394 e. The van der Waals surface area contributed by atoms with Gasteiger partial charge in [0.05, 0.1) is 6.61 Å². The van der Waals surface area contributed by atoms with Crippen molar-refractivity contribution in [3.05, 3.63) is 0 Å². The Morgan fingerprint density at radius 1 is 1.55 bits per heavy atom. The number of likely N-dealkylation sites (N-methyl/N-ethyl adjacent to an activating group) is 1. The summed E-state index contributed by atoms with van der Waals surface area (Å²) in [5.74, 6) is 1.58. The molecule has 2 nitrogen and oxygen atoms in total. The van der Waals surface area contributed by atoms with E-state index in [0.29, 0.717) is 0 Å². The average Bonchev–Trinajstić information content (AvgIpc) is 1.87. The summed E-state index contributed by atoms with van der Waals surface area (Å²) in [6, 6.07) is 0. The number of nitrogens with one attached hydrogen (secondary N) is 1. The first-order valence-corrected chi connectivity index (χ1v) is 4.43. The normalized spacial score (nSPS) is 37.4. The van der Waals surface area contributed by atoms with Crippen LogP contribution in [0.2, 0.25) is 0 Å². The molecule has 0 atom stereocenters. The highest BCUT2D eigenvalue weighted by Crippen LogP contribution is 2.41. The van der Waals surface area contributed by atoms with Gasteiger partial charge in [0.2, 0.25) is 0 Å². The minimum atomic E-state index is 0.0644. The summed E-state index contributed by atoms with van der Waals surface area (Å²) in [5.41, 5.74) is 0.0644. The summed E-state index contributed by atoms with van der Waals surface area (Å²) in [7, 11) is 1.94. The third kappa shape index (κ3) is 1.57. The number of aliphatic hydroxyl groups excluding tert-OH is 1. The molecule has 0 spiro atoms. The second-order valence-corrected chi connectivity index (χ2v) is 4.10. The Labute approximate surface area is 69.0 Å². The Morgan fingerprint density at radius 2 is 2.09 bits per heavy atom.